The van der Waals surface area contributed by atoms with Crippen molar-refractivity contribution >= 4 is 5.91 Å². The highest BCUT2D eigenvalue weighted by Crippen LogP contribution is 2.13. The minimum atomic E-state index is -0.111. The van der Waals surface area contributed by atoms with E-state index in [1.807, 2.05) is 32.2 Å². The molecule has 2 atom stereocenters. The molecule has 98 valence electrons. The smallest absolute Gasteiger partial charge is 0.227 e. The average molecular weight is 249 g/mol. The van der Waals surface area contributed by atoms with Gasteiger partial charge in [-0.1, -0.05) is 6.07 Å². The van der Waals surface area contributed by atoms with Crippen molar-refractivity contribution in [3.05, 3.63) is 29.6 Å². The molecule has 1 fully saturated rings. The average Bonchev–Trinajstić information content (AvgIpc) is 2.84. The third-order valence-corrected chi connectivity index (χ3v) is 3.18. The number of carbonyl (C=O) groups excluding carboxylic acids is 1. The van der Waals surface area contributed by atoms with Crippen LogP contribution in [0.15, 0.2) is 18.2 Å². The van der Waals surface area contributed by atoms with Crippen LogP contribution in [0.5, 0.6) is 0 Å². The van der Waals surface area contributed by atoms with Crippen LogP contribution in [-0.2, 0) is 16.1 Å². The number of nitrogens with zero attached hydrogens (tertiary/aromatic N) is 1. The Balaban J connectivity index is 1.88. The third kappa shape index (κ3) is 3.05. The van der Waals surface area contributed by atoms with E-state index in [0.717, 1.165) is 11.4 Å². The Morgan fingerprint density at radius 2 is 2.33 bits per heavy atom. The van der Waals surface area contributed by atoms with Crippen LogP contribution in [0.1, 0.15) is 11.4 Å². The summed E-state index contributed by atoms with van der Waals surface area (Å²) < 4.78 is 5.31. The number of hydrogen-bond donors (Lipinski definition) is 2. The molecular formula is C13H19N3O2. The predicted octanol–water partition coefficient (Wildman–Crippen LogP) is 0.241. The summed E-state index contributed by atoms with van der Waals surface area (Å²) in [5.41, 5.74) is 1.84. The molecule has 0 bridgehead atoms. The summed E-state index contributed by atoms with van der Waals surface area (Å²) in [5.74, 6) is -0.0880. The van der Waals surface area contributed by atoms with Gasteiger partial charge < -0.3 is 15.4 Å². The lowest BCUT2D eigenvalue weighted by Crippen LogP contribution is -2.42. The van der Waals surface area contributed by atoms with Crippen LogP contribution in [0.3, 0.4) is 0 Å². The van der Waals surface area contributed by atoms with E-state index in [-0.39, 0.29) is 17.9 Å². The van der Waals surface area contributed by atoms with Gasteiger partial charge in [0.25, 0.3) is 0 Å². The lowest BCUT2D eigenvalue weighted by Gasteiger charge is -2.16. The highest BCUT2D eigenvalue weighted by Gasteiger charge is 2.32. The van der Waals surface area contributed by atoms with E-state index in [1.54, 1.807) is 0 Å². The Kier molecular flexibility index (Phi) is 4.28. The van der Waals surface area contributed by atoms with E-state index in [1.165, 1.54) is 0 Å². The molecule has 18 heavy (non-hydrogen) atoms. The van der Waals surface area contributed by atoms with E-state index < -0.39 is 0 Å². The molecule has 0 saturated carbocycles. The maximum atomic E-state index is 12.0. The molecule has 0 radical (unpaired) electrons. The maximum absolute atomic E-state index is 12.0. The van der Waals surface area contributed by atoms with E-state index in [4.69, 9.17) is 4.74 Å². The number of nitrogens with one attached hydrogen (secondary N) is 2. The molecule has 2 unspecified atom stereocenters. The van der Waals surface area contributed by atoms with Gasteiger partial charge in [0.1, 0.15) is 0 Å². The van der Waals surface area contributed by atoms with Gasteiger partial charge in [0.2, 0.25) is 5.91 Å². The van der Waals surface area contributed by atoms with Gasteiger partial charge >= 0.3 is 0 Å². The molecule has 2 rings (SSSR count). The fourth-order valence-corrected chi connectivity index (χ4v) is 2.10. The molecule has 2 N–H and O–H groups in total. The maximum Gasteiger partial charge on any atom is 0.227 e. The molecular weight excluding hydrogens is 230 g/mol. The normalized spacial score (nSPS) is 23.0. The van der Waals surface area contributed by atoms with E-state index in [0.29, 0.717) is 19.8 Å². The van der Waals surface area contributed by atoms with Crippen molar-refractivity contribution in [3.63, 3.8) is 0 Å². The predicted molar refractivity (Wildman–Crippen MR) is 68.0 cm³/mol. The molecule has 1 aromatic rings. The number of amides is 1. The Hall–Kier alpha value is -1.46. The summed E-state index contributed by atoms with van der Waals surface area (Å²) in [5, 5.41) is 6.01. The fraction of sp³-hybridized carbons (Fsp3) is 0.538. The lowest BCUT2D eigenvalue weighted by molar-refractivity contribution is -0.125. The Labute approximate surface area is 107 Å². The van der Waals surface area contributed by atoms with Gasteiger partial charge in [-0.3, -0.25) is 9.78 Å². The van der Waals surface area contributed by atoms with Crippen molar-refractivity contribution < 1.29 is 9.53 Å². The molecule has 1 aliphatic heterocycles. The summed E-state index contributed by atoms with van der Waals surface area (Å²) >= 11 is 0. The first-order valence-corrected chi connectivity index (χ1v) is 6.16. The molecule has 1 aromatic heterocycles. The second kappa shape index (κ2) is 5.93. The van der Waals surface area contributed by atoms with Gasteiger partial charge in [0, 0.05) is 11.7 Å². The Bertz CT molecular complexity index is 422. The van der Waals surface area contributed by atoms with Crippen molar-refractivity contribution in [3.8, 4) is 0 Å². The highest BCUT2D eigenvalue weighted by atomic mass is 16.5. The van der Waals surface area contributed by atoms with Crippen LogP contribution in [0.4, 0.5) is 0 Å². The third-order valence-electron chi connectivity index (χ3n) is 3.18. The summed E-state index contributed by atoms with van der Waals surface area (Å²) in [7, 11) is 1.85. The van der Waals surface area contributed by atoms with Crippen LogP contribution >= 0.6 is 0 Å². The number of carbonyl (C=O) groups is 1. The number of pyridine rings is 1. The van der Waals surface area contributed by atoms with Gasteiger partial charge in [-0.2, -0.15) is 0 Å². The lowest BCUT2D eigenvalue weighted by atomic mass is 10.0. The van der Waals surface area contributed by atoms with E-state index >= 15 is 0 Å². The quantitative estimate of drug-likeness (QED) is 0.802. The molecule has 0 spiro atoms. The first kappa shape index (κ1) is 13.0. The number of hydrogen-bond acceptors (Lipinski definition) is 4. The SMILES string of the molecule is CNC1COCC1C(=O)NCc1cccc(C)n1. The fourth-order valence-electron chi connectivity index (χ4n) is 2.10. The standard InChI is InChI=1S/C13H19N3O2/c1-9-4-3-5-10(16-9)6-15-13(17)11-7-18-8-12(11)14-2/h3-5,11-12,14H,6-8H2,1-2H3,(H,15,17). The minimum absolute atomic E-state index is 0.0233. The van der Waals surface area contributed by atoms with Crippen LogP contribution in [-0.4, -0.2) is 37.2 Å². The largest absolute Gasteiger partial charge is 0.379 e. The van der Waals surface area contributed by atoms with Crippen molar-refractivity contribution in [2.24, 2.45) is 5.92 Å². The monoisotopic (exact) mass is 249 g/mol. The summed E-state index contributed by atoms with van der Waals surface area (Å²) in [6, 6.07) is 5.90. The summed E-state index contributed by atoms with van der Waals surface area (Å²) in [4.78, 5) is 16.4. The first-order chi connectivity index (χ1) is 8.70. The van der Waals surface area contributed by atoms with Crippen molar-refractivity contribution in [2.75, 3.05) is 20.3 Å². The molecule has 0 aromatic carbocycles. The van der Waals surface area contributed by atoms with Gasteiger partial charge in [-0.25, -0.2) is 0 Å². The van der Waals surface area contributed by atoms with E-state index in [2.05, 4.69) is 15.6 Å². The van der Waals surface area contributed by atoms with Gasteiger partial charge in [0.05, 0.1) is 31.4 Å². The van der Waals surface area contributed by atoms with Crippen LogP contribution < -0.4 is 10.6 Å². The number of rotatable bonds is 4. The van der Waals surface area contributed by atoms with Gasteiger partial charge in [-0.15, -0.1) is 0 Å². The summed E-state index contributed by atoms with van der Waals surface area (Å²) in [6.45, 7) is 3.48. The molecule has 5 heteroatoms. The first-order valence-electron chi connectivity index (χ1n) is 6.16. The number of ether oxygens (including phenoxy) is 1. The van der Waals surface area contributed by atoms with Crippen molar-refractivity contribution in [2.45, 2.75) is 19.5 Å². The second-order valence-corrected chi connectivity index (χ2v) is 4.53. The van der Waals surface area contributed by atoms with Crippen LogP contribution in [0.2, 0.25) is 0 Å². The van der Waals surface area contributed by atoms with Crippen LogP contribution in [0, 0.1) is 12.8 Å². The zero-order valence-electron chi connectivity index (χ0n) is 10.8. The summed E-state index contributed by atoms with van der Waals surface area (Å²) in [6.07, 6.45) is 0. The van der Waals surface area contributed by atoms with Gasteiger partial charge in [0.15, 0.2) is 0 Å². The number of aryl methyl sites for hydroxylation is 1. The molecule has 1 saturated heterocycles. The van der Waals surface area contributed by atoms with Crippen molar-refractivity contribution in [1.82, 2.24) is 15.6 Å². The zero-order valence-corrected chi connectivity index (χ0v) is 10.8. The Morgan fingerprint density at radius 1 is 1.50 bits per heavy atom. The second-order valence-electron chi connectivity index (χ2n) is 4.53. The molecule has 1 aliphatic rings. The van der Waals surface area contributed by atoms with Crippen LogP contribution in [0.25, 0.3) is 0 Å². The Morgan fingerprint density at radius 3 is 3.06 bits per heavy atom. The van der Waals surface area contributed by atoms with Gasteiger partial charge in [-0.05, 0) is 26.1 Å². The highest BCUT2D eigenvalue weighted by molar-refractivity contribution is 5.79. The topological polar surface area (TPSA) is 63.2 Å². The van der Waals surface area contributed by atoms with Crippen molar-refractivity contribution in [1.29, 1.82) is 0 Å². The number of likely N-dealkylation sites (N-methyl/N-ethyl adjacent to an activating group) is 1. The molecule has 2 heterocycles. The molecule has 0 aliphatic carbocycles. The molecule has 1 amide bonds. The molecule has 5 nitrogen and oxygen atoms in total. The minimum Gasteiger partial charge on any atom is -0.379 e. The van der Waals surface area contributed by atoms with E-state index in [9.17, 15) is 4.79 Å². The zero-order chi connectivity index (χ0) is 13.0. The number of aromatic nitrogens is 1.